The van der Waals surface area contributed by atoms with Crippen molar-refractivity contribution >= 4 is 6.09 Å². The third kappa shape index (κ3) is 9.68. The fraction of sp³-hybridized carbons (Fsp3) is 0.966. The first-order chi connectivity index (χ1) is 16.2. The molecule has 2 aliphatic rings. The maximum Gasteiger partial charge on any atom is 0.414 e. The van der Waals surface area contributed by atoms with Crippen molar-refractivity contribution in [2.24, 2.45) is 11.8 Å². The molecule has 0 radical (unpaired) electrons. The first-order valence-electron chi connectivity index (χ1n) is 14.5. The van der Waals surface area contributed by atoms with E-state index < -0.39 is 23.7 Å². The summed E-state index contributed by atoms with van der Waals surface area (Å²) >= 11 is 0. The summed E-state index contributed by atoms with van der Waals surface area (Å²) in [5.41, 5.74) is -1.01. The molecule has 0 aliphatic heterocycles. The number of carbonyl (C=O) groups is 1. The van der Waals surface area contributed by atoms with Crippen molar-refractivity contribution in [3.8, 4) is 0 Å². The Morgan fingerprint density at radius 1 is 0.794 bits per heavy atom. The molecule has 0 bridgehead atoms. The topological polar surface area (TPSA) is 59.0 Å². The van der Waals surface area contributed by atoms with Crippen molar-refractivity contribution in [2.45, 2.75) is 161 Å². The molecule has 5 heteroatoms. The number of aliphatic hydroxyl groups is 1. The standard InChI is InChI=1S/C29H55NO4/c1-6-7-8-9-10-11-18-23-30(26(31)33-28(2,3)24-19-14-12-15-20-24)27(32)34-29(4,5)25-21-16-13-17-22-25/h24-26,31H,6-23H2,1-5H3. The molecule has 1 atom stereocenters. The first-order valence-corrected chi connectivity index (χ1v) is 14.5. The fourth-order valence-corrected chi connectivity index (χ4v) is 5.93. The number of carbonyl (C=O) groups excluding carboxylic acids is 1. The fourth-order valence-electron chi connectivity index (χ4n) is 5.93. The average Bonchev–Trinajstić information content (AvgIpc) is 2.81. The minimum atomic E-state index is -1.27. The van der Waals surface area contributed by atoms with Crippen molar-refractivity contribution in [1.82, 2.24) is 4.90 Å². The second-order valence-electron chi connectivity index (χ2n) is 12.0. The summed E-state index contributed by atoms with van der Waals surface area (Å²) in [6.45, 7) is 10.9. The molecule has 1 amide bonds. The Hall–Kier alpha value is -0.810. The Bertz CT molecular complexity index is 564. The molecule has 5 nitrogen and oxygen atoms in total. The Morgan fingerprint density at radius 3 is 1.79 bits per heavy atom. The van der Waals surface area contributed by atoms with Crippen LogP contribution in [0.25, 0.3) is 0 Å². The molecule has 0 heterocycles. The van der Waals surface area contributed by atoms with Crippen LogP contribution in [0.1, 0.15) is 144 Å². The largest absolute Gasteiger partial charge is 0.443 e. The van der Waals surface area contributed by atoms with E-state index in [2.05, 4.69) is 20.8 Å². The smallest absolute Gasteiger partial charge is 0.414 e. The van der Waals surface area contributed by atoms with Crippen LogP contribution in [0, 0.1) is 11.8 Å². The molecule has 0 aromatic carbocycles. The minimum Gasteiger partial charge on any atom is -0.443 e. The summed E-state index contributed by atoms with van der Waals surface area (Å²) in [6, 6.07) is 0. The lowest BCUT2D eigenvalue weighted by Crippen LogP contribution is -2.51. The van der Waals surface area contributed by atoms with Gasteiger partial charge in [0.05, 0.1) is 5.60 Å². The number of ether oxygens (including phenoxy) is 2. The first kappa shape index (κ1) is 29.4. The van der Waals surface area contributed by atoms with Crippen molar-refractivity contribution < 1.29 is 19.4 Å². The van der Waals surface area contributed by atoms with Gasteiger partial charge in [-0.1, -0.05) is 84.0 Å². The Labute approximate surface area is 210 Å². The van der Waals surface area contributed by atoms with E-state index in [9.17, 15) is 9.90 Å². The second-order valence-corrected chi connectivity index (χ2v) is 12.0. The average molecular weight is 482 g/mol. The molecule has 2 aliphatic carbocycles. The zero-order valence-electron chi connectivity index (χ0n) is 23.1. The van der Waals surface area contributed by atoms with Gasteiger partial charge in [-0.05, 0) is 71.6 Å². The summed E-state index contributed by atoms with van der Waals surface area (Å²) in [4.78, 5) is 14.8. The Morgan fingerprint density at radius 2 is 1.26 bits per heavy atom. The van der Waals surface area contributed by atoms with Crippen LogP contribution in [-0.4, -0.2) is 40.3 Å². The molecule has 0 saturated heterocycles. The molecule has 2 rings (SSSR count). The van der Waals surface area contributed by atoms with Crippen LogP contribution < -0.4 is 0 Å². The van der Waals surface area contributed by atoms with Gasteiger partial charge in [-0.3, -0.25) is 4.90 Å². The number of hydrogen-bond donors (Lipinski definition) is 1. The van der Waals surface area contributed by atoms with Crippen LogP contribution >= 0.6 is 0 Å². The van der Waals surface area contributed by atoms with E-state index in [1.165, 1.54) is 75.5 Å². The summed E-state index contributed by atoms with van der Waals surface area (Å²) in [7, 11) is 0. The van der Waals surface area contributed by atoms with Crippen molar-refractivity contribution in [2.75, 3.05) is 6.54 Å². The molecule has 2 saturated carbocycles. The van der Waals surface area contributed by atoms with Crippen LogP contribution in [0.2, 0.25) is 0 Å². The van der Waals surface area contributed by atoms with Crippen molar-refractivity contribution in [3.05, 3.63) is 0 Å². The molecule has 1 unspecified atom stereocenters. The van der Waals surface area contributed by atoms with Crippen molar-refractivity contribution in [3.63, 3.8) is 0 Å². The number of hydrogen-bond acceptors (Lipinski definition) is 4. The van der Waals surface area contributed by atoms with Crippen LogP contribution in [0.5, 0.6) is 0 Å². The highest BCUT2D eigenvalue weighted by Crippen LogP contribution is 2.37. The lowest BCUT2D eigenvalue weighted by Gasteiger charge is -2.42. The van der Waals surface area contributed by atoms with Gasteiger partial charge in [0.25, 0.3) is 0 Å². The number of amides is 1. The summed E-state index contributed by atoms with van der Waals surface area (Å²) in [5, 5.41) is 11.1. The zero-order chi connectivity index (χ0) is 25.0. The monoisotopic (exact) mass is 481 g/mol. The lowest BCUT2D eigenvalue weighted by molar-refractivity contribution is -0.251. The molecule has 0 aromatic rings. The van der Waals surface area contributed by atoms with E-state index in [4.69, 9.17) is 9.47 Å². The van der Waals surface area contributed by atoms with Gasteiger partial charge in [-0.2, -0.15) is 0 Å². The van der Waals surface area contributed by atoms with Crippen LogP contribution in [-0.2, 0) is 9.47 Å². The minimum absolute atomic E-state index is 0.377. The molecule has 2 fully saturated rings. The van der Waals surface area contributed by atoms with Gasteiger partial charge in [-0.15, -0.1) is 0 Å². The third-order valence-electron chi connectivity index (χ3n) is 8.44. The molecule has 0 aromatic heterocycles. The van der Waals surface area contributed by atoms with E-state index in [1.54, 1.807) is 0 Å². The van der Waals surface area contributed by atoms with Gasteiger partial charge in [0.1, 0.15) is 5.60 Å². The Balaban J connectivity index is 1.99. The van der Waals surface area contributed by atoms with Gasteiger partial charge < -0.3 is 14.6 Å². The summed E-state index contributed by atoms with van der Waals surface area (Å²) < 4.78 is 12.3. The summed E-state index contributed by atoms with van der Waals surface area (Å²) in [5.74, 6) is 0.786. The van der Waals surface area contributed by atoms with Crippen LogP contribution in [0.4, 0.5) is 4.79 Å². The molecule has 200 valence electrons. The quantitative estimate of drug-likeness (QED) is 0.201. The van der Waals surface area contributed by atoms with E-state index >= 15 is 0 Å². The van der Waals surface area contributed by atoms with Gasteiger partial charge >= 0.3 is 6.09 Å². The highest BCUT2D eigenvalue weighted by atomic mass is 16.7. The normalized spacial score (nSPS) is 19.7. The van der Waals surface area contributed by atoms with E-state index in [1.807, 2.05) is 13.8 Å². The Kier molecular flexibility index (Phi) is 12.7. The number of nitrogens with zero attached hydrogens (tertiary/aromatic N) is 1. The highest BCUT2D eigenvalue weighted by Gasteiger charge is 2.39. The van der Waals surface area contributed by atoms with Gasteiger partial charge in [0.15, 0.2) is 0 Å². The maximum atomic E-state index is 13.4. The second kappa shape index (κ2) is 14.7. The van der Waals surface area contributed by atoms with E-state index in [-0.39, 0.29) is 0 Å². The molecule has 34 heavy (non-hydrogen) atoms. The highest BCUT2D eigenvalue weighted by molar-refractivity contribution is 5.68. The molecule has 1 N–H and O–H groups in total. The molecular formula is C29H55NO4. The zero-order valence-corrected chi connectivity index (χ0v) is 23.1. The predicted octanol–water partition coefficient (Wildman–Crippen LogP) is 8.19. The van der Waals surface area contributed by atoms with Crippen LogP contribution in [0.15, 0.2) is 0 Å². The number of unbranched alkanes of at least 4 members (excludes halogenated alkanes) is 6. The van der Waals surface area contributed by atoms with E-state index in [0.29, 0.717) is 18.4 Å². The van der Waals surface area contributed by atoms with Gasteiger partial charge in [0.2, 0.25) is 6.41 Å². The molecule has 0 spiro atoms. The van der Waals surface area contributed by atoms with Gasteiger partial charge in [-0.25, -0.2) is 4.79 Å². The van der Waals surface area contributed by atoms with Gasteiger partial charge in [0, 0.05) is 6.54 Å². The SMILES string of the molecule is CCCCCCCCCN(C(=O)OC(C)(C)C1CCCCC1)C(O)OC(C)(C)C1CCCCC1. The third-order valence-corrected chi connectivity index (χ3v) is 8.44. The predicted molar refractivity (Wildman–Crippen MR) is 140 cm³/mol. The summed E-state index contributed by atoms with van der Waals surface area (Å²) in [6.07, 6.45) is 18.3. The van der Waals surface area contributed by atoms with E-state index in [0.717, 1.165) is 38.5 Å². The maximum absolute atomic E-state index is 13.4. The number of aliphatic hydroxyl groups excluding tert-OH is 1. The number of rotatable bonds is 14. The van der Waals surface area contributed by atoms with Crippen LogP contribution in [0.3, 0.4) is 0 Å². The molecular weight excluding hydrogens is 426 g/mol. The van der Waals surface area contributed by atoms with Crippen molar-refractivity contribution in [1.29, 1.82) is 0 Å². The lowest BCUT2D eigenvalue weighted by atomic mass is 9.79.